The van der Waals surface area contributed by atoms with Crippen molar-refractivity contribution in [3.63, 3.8) is 0 Å². The zero-order chi connectivity index (χ0) is 19.4. The number of aryl methyl sites for hydroxylation is 2. The molecular formula is C19H22ClFN4OS. The second kappa shape index (κ2) is 8.99. The highest BCUT2D eigenvalue weighted by molar-refractivity contribution is 7.99. The number of carbonyl (C=O) groups excluding carboxylic acids is 1. The summed E-state index contributed by atoms with van der Waals surface area (Å²) in [5.41, 5.74) is 2.32. The third kappa shape index (κ3) is 5.40. The van der Waals surface area contributed by atoms with E-state index in [0.717, 1.165) is 11.4 Å². The minimum absolute atomic E-state index is 0.0753. The molecule has 1 aromatic heterocycles. The Balaban J connectivity index is 1.49. The van der Waals surface area contributed by atoms with Gasteiger partial charge >= 0.3 is 0 Å². The molecule has 3 rings (SSSR count). The maximum Gasteiger partial charge on any atom is 0.233 e. The van der Waals surface area contributed by atoms with Crippen molar-refractivity contribution in [3.05, 3.63) is 52.1 Å². The predicted molar refractivity (Wildman–Crippen MR) is 105 cm³/mol. The Kier molecular flexibility index (Phi) is 6.68. The Morgan fingerprint density at radius 2 is 1.85 bits per heavy atom. The second-order valence-corrected chi connectivity index (χ2v) is 7.93. The first-order chi connectivity index (χ1) is 12.9. The van der Waals surface area contributed by atoms with Gasteiger partial charge in [-0.1, -0.05) is 29.4 Å². The lowest BCUT2D eigenvalue weighted by molar-refractivity contribution is -0.130. The van der Waals surface area contributed by atoms with Gasteiger partial charge in [0.1, 0.15) is 5.82 Å². The van der Waals surface area contributed by atoms with E-state index in [9.17, 15) is 9.18 Å². The van der Waals surface area contributed by atoms with Crippen molar-refractivity contribution in [2.45, 2.75) is 25.5 Å². The smallest absolute Gasteiger partial charge is 0.233 e. The lowest BCUT2D eigenvalue weighted by Gasteiger charge is -2.34. The van der Waals surface area contributed by atoms with Gasteiger partial charge < -0.3 is 4.90 Å². The summed E-state index contributed by atoms with van der Waals surface area (Å²) in [6.45, 7) is 6.93. The predicted octanol–water partition coefficient (Wildman–Crippen LogP) is 3.32. The summed E-state index contributed by atoms with van der Waals surface area (Å²) in [6, 6.07) is 6.64. The van der Waals surface area contributed by atoms with E-state index in [1.807, 2.05) is 24.8 Å². The molecule has 2 heterocycles. The van der Waals surface area contributed by atoms with Gasteiger partial charge in [0, 0.05) is 54.7 Å². The second-order valence-electron chi connectivity index (χ2n) is 6.58. The van der Waals surface area contributed by atoms with Crippen molar-refractivity contribution in [2.24, 2.45) is 0 Å². The van der Waals surface area contributed by atoms with Crippen LogP contribution in [0.3, 0.4) is 0 Å². The van der Waals surface area contributed by atoms with Gasteiger partial charge in [0.15, 0.2) is 5.16 Å². The van der Waals surface area contributed by atoms with Crippen LogP contribution in [0.2, 0.25) is 5.02 Å². The lowest BCUT2D eigenvalue weighted by Crippen LogP contribution is -2.48. The van der Waals surface area contributed by atoms with Gasteiger partial charge in [-0.05, 0) is 32.0 Å². The Morgan fingerprint density at radius 1 is 1.19 bits per heavy atom. The highest BCUT2D eigenvalue weighted by atomic mass is 35.5. The summed E-state index contributed by atoms with van der Waals surface area (Å²) in [7, 11) is 0. The number of thioether (sulfide) groups is 1. The number of hydrogen-bond donors (Lipinski definition) is 0. The van der Waals surface area contributed by atoms with Crippen molar-refractivity contribution in [1.29, 1.82) is 0 Å². The molecule has 1 aromatic carbocycles. The van der Waals surface area contributed by atoms with Crippen LogP contribution in [-0.4, -0.2) is 57.6 Å². The molecular weight excluding hydrogens is 387 g/mol. The summed E-state index contributed by atoms with van der Waals surface area (Å²) < 4.78 is 13.9. The van der Waals surface area contributed by atoms with E-state index in [1.165, 1.54) is 17.8 Å². The van der Waals surface area contributed by atoms with Crippen LogP contribution in [0.5, 0.6) is 0 Å². The molecule has 1 fully saturated rings. The number of rotatable bonds is 5. The Labute approximate surface area is 167 Å². The van der Waals surface area contributed by atoms with Crippen LogP contribution in [-0.2, 0) is 11.3 Å². The van der Waals surface area contributed by atoms with Crippen LogP contribution in [0.4, 0.5) is 4.39 Å². The van der Waals surface area contributed by atoms with Crippen molar-refractivity contribution >= 4 is 29.3 Å². The number of carbonyl (C=O) groups is 1. The third-order valence-corrected chi connectivity index (χ3v) is 5.64. The number of benzene rings is 1. The molecule has 1 aliphatic rings. The first kappa shape index (κ1) is 20.0. The van der Waals surface area contributed by atoms with E-state index < -0.39 is 0 Å². The van der Waals surface area contributed by atoms with Crippen molar-refractivity contribution in [3.8, 4) is 0 Å². The number of piperazine rings is 1. The monoisotopic (exact) mass is 408 g/mol. The van der Waals surface area contributed by atoms with Crippen LogP contribution in [0, 0.1) is 19.7 Å². The Morgan fingerprint density at radius 3 is 2.48 bits per heavy atom. The fourth-order valence-electron chi connectivity index (χ4n) is 3.04. The summed E-state index contributed by atoms with van der Waals surface area (Å²) in [4.78, 5) is 25.1. The van der Waals surface area contributed by atoms with Crippen LogP contribution < -0.4 is 0 Å². The lowest BCUT2D eigenvalue weighted by atomic mass is 10.2. The van der Waals surface area contributed by atoms with E-state index in [0.29, 0.717) is 54.2 Å². The molecule has 27 heavy (non-hydrogen) atoms. The molecule has 1 saturated heterocycles. The topological polar surface area (TPSA) is 49.3 Å². The van der Waals surface area contributed by atoms with Crippen molar-refractivity contribution in [1.82, 2.24) is 19.8 Å². The van der Waals surface area contributed by atoms with Gasteiger partial charge in [-0.2, -0.15) is 0 Å². The molecule has 0 N–H and O–H groups in total. The molecule has 0 saturated carbocycles. The fraction of sp³-hybridized carbons (Fsp3) is 0.421. The third-order valence-electron chi connectivity index (χ3n) is 4.45. The highest BCUT2D eigenvalue weighted by Crippen LogP contribution is 2.22. The van der Waals surface area contributed by atoms with Gasteiger partial charge in [0.2, 0.25) is 5.91 Å². The number of amides is 1. The molecule has 0 aliphatic carbocycles. The number of nitrogens with zero attached hydrogens (tertiary/aromatic N) is 4. The molecule has 0 bridgehead atoms. The molecule has 1 amide bonds. The normalized spacial score (nSPS) is 15.2. The van der Waals surface area contributed by atoms with E-state index in [4.69, 9.17) is 11.6 Å². The van der Waals surface area contributed by atoms with Crippen LogP contribution in [0.15, 0.2) is 29.4 Å². The first-order valence-electron chi connectivity index (χ1n) is 8.80. The highest BCUT2D eigenvalue weighted by Gasteiger charge is 2.22. The van der Waals surface area contributed by atoms with Gasteiger partial charge in [-0.15, -0.1) is 0 Å². The van der Waals surface area contributed by atoms with E-state index in [1.54, 1.807) is 12.1 Å². The largest absolute Gasteiger partial charge is 0.339 e. The van der Waals surface area contributed by atoms with Gasteiger partial charge in [0.25, 0.3) is 0 Å². The number of aromatic nitrogens is 2. The molecule has 0 unspecified atom stereocenters. The number of halogens is 2. The van der Waals surface area contributed by atoms with E-state index in [2.05, 4.69) is 14.9 Å². The molecule has 2 aromatic rings. The quantitative estimate of drug-likeness (QED) is 0.561. The molecule has 0 spiro atoms. The van der Waals surface area contributed by atoms with Gasteiger partial charge in [0.05, 0.1) is 5.75 Å². The van der Waals surface area contributed by atoms with E-state index in [-0.39, 0.29) is 11.7 Å². The molecule has 8 heteroatoms. The molecule has 1 aliphatic heterocycles. The SMILES string of the molecule is Cc1cc(C)nc(SCC(=O)N2CCN(Cc3c(F)cccc3Cl)CC2)n1. The van der Waals surface area contributed by atoms with Crippen LogP contribution in [0.25, 0.3) is 0 Å². The number of hydrogen-bond acceptors (Lipinski definition) is 5. The summed E-state index contributed by atoms with van der Waals surface area (Å²) in [5, 5.41) is 1.08. The van der Waals surface area contributed by atoms with E-state index >= 15 is 0 Å². The Bertz CT molecular complexity index is 787. The molecule has 144 valence electrons. The molecule has 5 nitrogen and oxygen atoms in total. The Hall–Kier alpha value is -1.70. The van der Waals surface area contributed by atoms with Crippen molar-refractivity contribution < 1.29 is 9.18 Å². The van der Waals surface area contributed by atoms with Gasteiger partial charge in [-0.25, -0.2) is 14.4 Å². The standard InChI is InChI=1S/C19H22ClFN4OS/c1-13-10-14(2)23-19(22-13)27-12-18(26)25-8-6-24(7-9-25)11-15-16(20)4-3-5-17(15)21/h3-5,10H,6-9,11-12H2,1-2H3. The molecule has 0 radical (unpaired) electrons. The van der Waals surface area contributed by atoms with Crippen molar-refractivity contribution in [2.75, 3.05) is 31.9 Å². The average Bonchev–Trinajstić information content (AvgIpc) is 2.63. The minimum Gasteiger partial charge on any atom is -0.339 e. The van der Waals surface area contributed by atoms with Crippen LogP contribution in [0.1, 0.15) is 17.0 Å². The van der Waals surface area contributed by atoms with Gasteiger partial charge in [-0.3, -0.25) is 9.69 Å². The zero-order valence-electron chi connectivity index (χ0n) is 15.4. The summed E-state index contributed by atoms with van der Waals surface area (Å²) >= 11 is 7.47. The van der Waals surface area contributed by atoms with Crippen LogP contribution >= 0.6 is 23.4 Å². The molecule has 0 atom stereocenters. The first-order valence-corrected chi connectivity index (χ1v) is 10.2. The average molecular weight is 409 g/mol. The fourth-order valence-corrected chi connectivity index (χ4v) is 4.11. The summed E-state index contributed by atoms with van der Waals surface area (Å²) in [5.74, 6) is 0.111. The minimum atomic E-state index is -0.286. The summed E-state index contributed by atoms with van der Waals surface area (Å²) in [6.07, 6.45) is 0. The maximum absolute atomic E-state index is 13.9. The zero-order valence-corrected chi connectivity index (χ0v) is 17.0. The maximum atomic E-state index is 13.9.